The molecule has 0 amide bonds. The third-order valence-corrected chi connectivity index (χ3v) is 4.55. The smallest absolute Gasteiger partial charge is 0.383 e. The van der Waals surface area contributed by atoms with Crippen LogP contribution in [0.1, 0.15) is 6.92 Å². The molecule has 1 atom stereocenters. The maximum Gasteiger partial charge on any atom is 0.415 e. The Hall–Kier alpha value is 0.01000. The minimum atomic E-state index is -4.57. The molecule has 0 aliphatic rings. The Morgan fingerprint density at radius 3 is 2.38 bits per heavy atom. The van der Waals surface area contributed by atoms with Crippen LogP contribution in [-0.4, -0.2) is 39.1 Å². The van der Waals surface area contributed by atoms with Crippen LogP contribution in [-0.2, 0) is 0 Å². The highest BCUT2D eigenvalue weighted by Crippen LogP contribution is 2.31. The minimum Gasteiger partial charge on any atom is -0.383 e. The molecule has 0 fully saturated rings. The summed E-state index contributed by atoms with van der Waals surface area (Å²) >= 11 is 3.58. The van der Waals surface area contributed by atoms with Crippen molar-refractivity contribution in [3.63, 3.8) is 0 Å². The number of thioether (sulfide) groups is 2. The number of aliphatic hydroxyl groups excluding tert-OH is 1. The van der Waals surface area contributed by atoms with E-state index in [1.165, 1.54) is 23.1 Å². The number of halogens is 3. The summed E-state index contributed by atoms with van der Waals surface area (Å²) in [6.45, 7) is 1.95. The maximum atomic E-state index is 12.0. The third kappa shape index (κ3) is 4.48. The van der Waals surface area contributed by atoms with E-state index >= 15 is 0 Å². The molecule has 0 spiro atoms. The standard InChI is InChI=1S/C7H9F3N2OS3/c1-2-14-5-11-12-6(16-5)15-3-4(13)7(8,9)10/h4,13H,2-3H2,1H3/t4-/m0/s1. The van der Waals surface area contributed by atoms with Crippen LogP contribution in [0.25, 0.3) is 0 Å². The topological polar surface area (TPSA) is 46.0 Å². The van der Waals surface area contributed by atoms with Crippen LogP contribution < -0.4 is 0 Å². The van der Waals surface area contributed by atoms with E-state index < -0.39 is 18.0 Å². The van der Waals surface area contributed by atoms with Crippen molar-refractivity contribution >= 4 is 34.9 Å². The Morgan fingerprint density at radius 2 is 1.88 bits per heavy atom. The zero-order chi connectivity index (χ0) is 12.2. The number of hydrogen-bond donors (Lipinski definition) is 1. The van der Waals surface area contributed by atoms with Gasteiger partial charge in [0.2, 0.25) is 0 Å². The summed E-state index contributed by atoms with van der Waals surface area (Å²) in [5.41, 5.74) is 0. The molecule has 0 radical (unpaired) electrons. The molecule has 0 bridgehead atoms. The average molecular weight is 290 g/mol. The zero-order valence-corrected chi connectivity index (χ0v) is 10.6. The van der Waals surface area contributed by atoms with Gasteiger partial charge in [-0.1, -0.05) is 41.8 Å². The Labute approximate surface area is 103 Å². The highest BCUT2D eigenvalue weighted by atomic mass is 32.2. The second-order valence-corrected chi connectivity index (χ2v) is 6.39. The average Bonchev–Trinajstić information content (AvgIpc) is 2.61. The van der Waals surface area contributed by atoms with Crippen LogP contribution in [0.2, 0.25) is 0 Å². The number of rotatable bonds is 5. The summed E-state index contributed by atoms with van der Waals surface area (Å²) in [7, 11) is 0. The van der Waals surface area contributed by atoms with Crippen LogP contribution >= 0.6 is 34.9 Å². The number of alkyl halides is 3. The molecule has 92 valence electrons. The van der Waals surface area contributed by atoms with Crippen LogP contribution in [0.5, 0.6) is 0 Å². The molecular weight excluding hydrogens is 281 g/mol. The van der Waals surface area contributed by atoms with Gasteiger partial charge in [0, 0.05) is 5.75 Å². The Morgan fingerprint density at radius 1 is 1.31 bits per heavy atom. The second-order valence-electron chi connectivity index (χ2n) is 2.64. The fourth-order valence-electron chi connectivity index (χ4n) is 0.682. The lowest BCUT2D eigenvalue weighted by Crippen LogP contribution is -2.30. The van der Waals surface area contributed by atoms with Crippen molar-refractivity contribution in [3.05, 3.63) is 0 Å². The predicted molar refractivity (Wildman–Crippen MR) is 59.1 cm³/mol. The summed E-state index contributed by atoms with van der Waals surface area (Å²) in [5, 5.41) is 16.3. The zero-order valence-electron chi connectivity index (χ0n) is 8.19. The molecule has 1 rings (SSSR count). The van der Waals surface area contributed by atoms with Gasteiger partial charge in [0.25, 0.3) is 0 Å². The van der Waals surface area contributed by atoms with E-state index in [1.807, 2.05) is 6.92 Å². The van der Waals surface area contributed by atoms with Crippen LogP contribution in [0, 0.1) is 0 Å². The van der Waals surface area contributed by atoms with Crippen molar-refractivity contribution in [2.24, 2.45) is 0 Å². The first kappa shape index (κ1) is 14.1. The van der Waals surface area contributed by atoms with Crippen molar-refractivity contribution in [2.75, 3.05) is 11.5 Å². The van der Waals surface area contributed by atoms with Crippen molar-refractivity contribution in [3.8, 4) is 0 Å². The summed E-state index contributed by atoms with van der Waals surface area (Å²) in [6.07, 6.45) is -6.89. The molecule has 0 saturated heterocycles. The fourth-order valence-corrected chi connectivity index (χ4v) is 3.59. The molecule has 1 N–H and O–H groups in total. The number of aliphatic hydroxyl groups is 1. The molecule has 1 aromatic heterocycles. The highest BCUT2D eigenvalue weighted by Gasteiger charge is 2.38. The van der Waals surface area contributed by atoms with Crippen molar-refractivity contribution in [1.29, 1.82) is 0 Å². The monoisotopic (exact) mass is 290 g/mol. The SMILES string of the molecule is CCSc1nnc(SC[C@H](O)C(F)(F)F)s1. The summed E-state index contributed by atoms with van der Waals surface area (Å²) in [5.74, 6) is 0.388. The van der Waals surface area contributed by atoms with Gasteiger partial charge in [0.05, 0.1) is 0 Å². The molecule has 16 heavy (non-hydrogen) atoms. The predicted octanol–water partition coefficient (Wildman–Crippen LogP) is 2.67. The molecule has 0 saturated carbocycles. The molecule has 1 aromatic rings. The molecule has 3 nitrogen and oxygen atoms in total. The van der Waals surface area contributed by atoms with Gasteiger partial charge in [0.15, 0.2) is 14.8 Å². The first-order valence-corrected chi connectivity index (χ1v) is 7.06. The third-order valence-electron chi connectivity index (χ3n) is 1.40. The van der Waals surface area contributed by atoms with Gasteiger partial charge in [-0.25, -0.2) is 0 Å². The maximum absolute atomic E-state index is 12.0. The molecular formula is C7H9F3N2OS3. The van der Waals surface area contributed by atoms with Gasteiger partial charge in [-0.3, -0.25) is 0 Å². The lowest BCUT2D eigenvalue weighted by molar-refractivity contribution is -0.195. The molecule has 0 unspecified atom stereocenters. The van der Waals surface area contributed by atoms with Gasteiger partial charge in [0.1, 0.15) is 0 Å². The molecule has 0 aromatic carbocycles. The quantitative estimate of drug-likeness (QED) is 0.845. The van der Waals surface area contributed by atoms with Gasteiger partial charge >= 0.3 is 6.18 Å². The van der Waals surface area contributed by atoms with Crippen molar-refractivity contribution < 1.29 is 18.3 Å². The normalized spacial score (nSPS) is 14.1. The summed E-state index contributed by atoms with van der Waals surface area (Å²) in [4.78, 5) is 0. The number of hydrogen-bond acceptors (Lipinski definition) is 6. The Bertz CT molecular complexity index is 331. The Kier molecular flexibility index (Phi) is 5.35. The second kappa shape index (κ2) is 6.08. The van der Waals surface area contributed by atoms with Crippen LogP contribution in [0.4, 0.5) is 13.2 Å². The van der Waals surface area contributed by atoms with E-state index in [4.69, 9.17) is 5.11 Å². The van der Waals surface area contributed by atoms with Crippen molar-refractivity contribution in [1.82, 2.24) is 10.2 Å². The highest BCUT2D eigenvalue weighted by molar-refractivity contribution is 8.03. The van der Waals surface area contributed by atoms with E-state index in [1.54, 1.807) is 0 Å². The molecule has 0 aliphatic carbocycles. The van der Waals surface area contributed by atoms with Gasteiger partial charge in [-0.2, -0.15) is 13.2 Å². The fraction of sp³-hybridized carbons (Fsp3) is 0.714. The molecule has 1 heterocycles. The first-order valence-electron chi connectivity index (χ1n) is 4.27. The summed E-state index contributed by atoms with van der Waals surface area (Å²) < 4.78 is 37.1. The first-order chi connectivity index (χ1) is 7.43. The number of aromatic nitrogens is 2. The minimum absolute atomic E-state index is 0.444. The van der Waals surface area contributed by atoms with E-state index in [2.05, 4.69) is 10.2 Å². The van der Waals surface area contributed by atoms with E-state index in [0.717, 1.165) is 21.9 Å². The van der Waals surface area contributed by atoms with Gasteiger partial charge in [-0.05, 0) is 5.75 Å². The molecule has 0 aliphatic heterocycles. The van der Waals surface area contributed by atoms with E-state index in [-0.39, 0.29) is 0 Å². The van der Waals surface area contributed by atoms with Gasteiger partial charge < -0.3 is 5.11 Å². The lowest BCUT2D eigenvalue weighted by Gasteiger charge is -2.12. The van der Waals surface area contributed by atoms with Crippen molar-refractivity contribution in [2.45, 2.75) is 27.9 Å². The van der Waals surface area contributed by atoms with Crippen LogP contribution in [0.3, 0.4) is 0 Å². The Balaban J connectivity index is 2.42. The summed E-state index contributed by atoms with van der Waals surface area (Å²) in [6, 6.07) is 0. The van der Waals surface area contributed by atoms with E-state index in [0.29, 0.717) is 4.34 Å². The number of nitrogens with zero attached hydrogens (tertiary/aromatic N) is 2. The molecule has 9 heteroatoms. The van der Waals surface area contributed by atoms with Gasteiger partial charge in [-0.15, -0.1) is 10.2 Å². The lowest BCUT2D eigenvalue weighted by atomic mass is 10.4. The van der Waals surface area contributed by atoms with Crippen LogP contribution in [0.15, 0.2) is 8.68 Å². The van der Waals surface area contributed by atoms with E-state index in [9.17, 15) is 13.2 Å². The largest absolute Gasteiger partial charge is 0.415 e.